The topological polar surface area (TPSA) is 29.3 Å². The minimum absolute atomic E-state index is 0.771. The van der Waals surface area contributed by atoms with E-state index in [9.17, 15) is 0 Å². The molecule has 2 heteroatoms. The molecule has 0 aromatic heterocycles. The summed E-state index contributed by atoms with van der Waals surface area (Å²) in [7, 11) is 0. The van der Waals surface area contributed by atoms with E-state index in [2.05, 4.69) is 25.7 Å². The van der Waals surface area contributed by atoms with Crippen LogP contribution in [-0.2, 0) is 0 Å². The number of hydrogen-bond donors (Lipinski definition) is 1. The Morgan fingerprint density at radius 1 is 1.24 bits per heavy atom. The maximum absolute atomic E-state index is 5.68. The van der Waals surface area contributed by atoms with Gasteiger partial charge in [0.15, 0.2) is 0 Å². The zero-order valence-electron chi connectivity index (χ0n) is 12.1. The highest BCUT2D eigenvalue weighted by Crippen LogP contribution is 2.31. The molecule has 0 aromatic carbocycles. The van der Waals surface area contributed by atoms with Crippen LogP contribution in [0, 0.1) is 11.8 Å². The Hall–Kier alpha value is -0.0800. The molecular weight excluding hydrogens is 208 g/mol. The lowest BCUT2D eigenvalue weighted by Gasteiger charge is -2.40. The van der Waals surface area contributed by atoms with Gasteiger partial charge in [-0.3, -0.25) is 4.90 Å². The van der Waals surface area contributed by atoms with E-state index in [-0.39, 0.29) is 0 Å². The summed E-state index contributed by atoms with van der Waals surface area (Å²) >= 11 is 0. The first-order valence-electron chi connectivity index (χ1n) is 7.63. The van der Waals surface area contributed by atoms with Crippen molar-refractivity contribution in [2.24, 2.45) is 17.6 Å². The van der Waals surface area contributed by atoms with Crippen molar-refractivity contribution in [1.82, 2.24) is 4.90 Å². The average molecular weight is 240 g/mol. The molecule has 17 heavy (non-hydrogen) atoms. The first kappa shape index (κ1) is 15.0. The molecule has 1 fully saturated rings. The molecule has 2 atom stereocenters. The van der Waals surface area contributed by atoms with Crippen molar-refractivity contribution < 1.29 is 0 Å². The molecule has 0 saturated heterocycles. The molecule has 0 bridgehead atoms. The van der Waals surface area contributed by atoms with Crippen LogP contribution in [0.4, 0.5) is 0 Å². The van der Waals surface area contributed by atoms with Crippen molar-refractivity contribution in [3.63, 3.8) is 0 Å². The van der Waals surface area contributed by atoms with Crippen LogP contribution < -0.4 is 5.73 Å². The van der Waals surface area contributed by atoms with Crippen LogP contribution in [0.25, 0.3) is 0 Å². The quantitative estimate of drug-likeness (QED) is 0.740. The predicted molar refractivity (Wildman–Crippen MR) is 76.1 cm³/mol. The fraction of sp³-hybridized carbons (Fsp3) is 1.00. The maximum atomic E-state index is 5.68. The number of nitrogens with zero attached hydrogens (tertiary/aromatic N) is 1. The van der Waals surface area contributed by atoms with Gasteiger partial charge in [0.2, 0.25) is 0 Å². The van der Waals surface area contributed by atoms with Gasteiger partial charge in [0.25, 0.3) is 0 Å². The SMILES string of the molecule is CCC1CCCCC1N(CCCN)CC(C)C. The van der Waals surface area contributed by atoms with E-state index in [0.29, 0.717) is 0 Å². The molecule has 1 aliphatic rings. The van der Waals surface area contributed by atoms with Gasteiger partial charge in [-0.15, -0.1) is 0 Å². The standard InChI is InChI=1S/C15H32N2/c1-4-14-8-5-6-9-15(14)17(11-7-10-16)12-13(2)3/h13-15H,4-12,16H2,1-3H3. The first-order chi connectivity index (χ1) is 8.19. The van der Waals surface area contributed by atoms with Gasteiger partial charge in [-0.1, -0.05) is 40.0 Å². The van der Waals surface area contributed by atoms with Crippen molar-refractivity contribution in [2.45, 2.75) is 65.3 Å². The Bertz CT molecular complexity index is 191. The molecule has 0 spiro atoms. The van der Waals surface area contributed by atoms with E-state index in [1.54, 1.807) is 0 Å². The van der Waals surface area contributed by atoms with E-state index in [1.807, 2.05) is 0 Å². The summed E-state index contributed by atoms with van der Waals surface area (Å²) in [5, 5.41) is 0. The summed E-state index contributed by atoms with van der Waals surface area (Å²) in [4.78, 5) is 2.74. The molecule has 0 radical (unpaired) electrons. The van der Waals surface area contributed by atoms with Crippen LogP contribution in [0.5, 0.6) is 0 Å². The van der Waals surface area contributed by atoms with Gasteiger partial charge in [-0.05, 0) is 44.2 Å². The third-order valence-electron chi connectivity index (χ3n) is 4.11. The van der Waals surface area contributed by atoms with Gasteiger partial charge >= 0.3 is 0 Å². The highest BCUT2D eigenvalue weighted by atomic mass is 15.2. The molecule has 1 rings (SSSR count). The molecule has 0 aromatic rings. The Labute approximate surface area is 108 Å². The van der Waals surface area contributed by atoms with Crippen LogP contribution in [0.1, 0.15) is 59.3 Å². The molecule has 2 N–H and O–H groups in total. The zero-order chi connectivity index (χ0) is 12.7. The van der Waals surface area contributed by atoms with Crippen molar-refractivity contribution in [2.75, 3.05) is 19.6 Å². The van der Waals surface area contributed by atoms with Crippen molar-refractivity contribution >= 4 is 0 Å². The average Bonchev–Trinajstić information content (AvgIpc) is 2.34. The van der Waals surface area contributed by atoms with Gasteiger partial charge in [-0.2, -0.15) is 0 Å². The third-order valence-corrected chi connectivity index (χ3v) is 4.11. The molecule has 0 aliphatic heterocycles. The van der Waals surface area contributed by atoms with Crippen LogP contribution in [-0.4, -0.2) is 30.6 Å². The molecule has 1 aliphatic carbocycles. The van der Waals surface area contributed by atoms with Crippen molar-refractivity contribution in [1.29, 1.82) is 0 Å². The van der Waals surface area contributed by atoms with Gasteiger partial charge in [0.05, 0.1) is 0 Å². The molecule has 102 valence electrons. The van der Waals surface area contributed by atoms with E-state index < -0.39 is 0 Å². The fourth-order valence-electron chi connectivity index (χ4n) is 3.30. The number of nitrogens with two attached hydrogens (primary N) is 1. The van der Waals surface area contributed by atoms with Crippen LogP contribution in [0.2, 0.25) is 0 Å². The monoisotopic (exact) mass is 240 g/mol. The largest absolute Gasteiger partial charge is 0.330 e. The molecular formula is C15H32N2. The second-order valence-corrected chi connectivity index (χ2v) is 6.05. The van der Waals surface area contributed by atoms with E-state index in [1.165, 1.54) is 45.2 Å². The first-order valence-corrected chi connectivity index (χ1v) is 7.63. The lowest BCUT2D eigenvalue weighted by molar-refractivity contribution is 0.0889. The lowest BCUT2D eigenvalue weighted by atomic mass is 9.81. The molecule has 2 nitrogen and oxygen atoms in total. The summed E-state index contributed by atoms with van der Waals surface area (Å²) in [5.74, 6) is 1.70. The Balaban J connectivity index is 2.57. The molecule has 0 amide bonds. The Morgan fingerprint density at radius 3 is 2.53 bits per heavy atom. The van der Waals surface area contributed by atoms with Gasteiger partial charge in [0, 0.05) is 12.6 Å². The Morgan fingerprint density at radius 2 is 1.94 bits per heavy atom. The Kier molecular flexibility index (Phi) is 7.14. The molecule has 1 saturated carbocycles. The lowest BCUT2D eigenvalue weighted by Crippen LogP contribution is -2.45. The summed E-state index contributed by atoms with van der Waals surface area (Å²) < 4.78 is 0. The second-order valence-electron chi connectivity index (χ2n) is 6.05. The number of rotatable bonds is 7. The van der Waals surface area contributed by atoms with Gasteiger partial charge in [0.1, 0.15) is 0 Å². The summed E-state index contributed by atoms with van der Waals surface area (Å²) in [6, 6.07) is 0.836. The van der Waals surface area contributed by atoms with Crippen molar-refractivity contribution in [3.05, 3.63) is 0 Å². The summed E-state index contributed by atoms with van der Waals surface area (Å²) in [5.41, 5.74) is 5.68. The number of hydrogen-bond acceptors (Lipinski definition) is 2. The highest BCUT2D eigenvalue weighted by Gasteiger charge is 2.28. The normalized spacial score (nSPS) is 25.8. The van der Waals surface area contributed by atoms with E-state index >= 15 is 0 Å². The van der Waals surface area contributed by atoms with Gasteiger partial charge in [-0.25, -0.2) is 0 Å². The zero-order valence-corrected chi connectivity index (χ0v) is 12.1. The minimum Gasteiger partial charge on any atom is -0.330 e. The summed E-state index contributed by atoms with van der Waals surface area (Å²) in [6.07, 6.45) is 8.23. The van der Waals surface area contributed by atoms with E-state index in [0.717, 1.165) is 30.8 Å². The van der Waals surface area contributed by atoms with Crippen LogP contribution >= 0.6 is 0 Å². The van der Waals surface area contributed by atoms with Crippen molar-refractivity contribution in [3.8, 4) is 0 Å². The predicted octanol–water partition coefficient (Wildman–Crippen LogP) is 3.26. The van der Waals surface area contributed by atoms with Crippen LogP contribution in [0.3, 0.4) is 0 Å². The maximum Gasteiger partial charge on any atom is 0.0123 e. The minimum atomic E-state index is 0.771. The summed E-state index contributed by atoms with van der Waals surface area (Å²) in [6.45, 7) is 10.3. The highest BCUT2D eigenvalue weighted by molar-refractivity contribution is 4.83. The van der Waals surface area contributed by atoms with Gasteiger partial charge < -0.3 is 5.73 Å². The van der Waals surface area contributed by atoms with Crippen LogP contribution in [0.15, 0.2) is 0 Å². The third kappa shape index (κ3) is 4.97. The van der Waals surface area contributed by atoms with E-state index in [4.69, 9.17) is 5.73 Å². The smallest absolute Gasteiger partial charge is 0.0123 e. The molecule has 2 unspecified atom stereocenters. The fourth-order valence-corrected chi connectivity index (χ4v) is 3.30. The molecule has 0 heterocycles. The second kappa shape index (κ2) is 8.10.